The second kappa shape index (κ2) is 7.23. The molecule has 1 fully saturated rings. The quantitative estimate of drug-likeness (QED) is 0.846. The summed E-state index contributed by atoms with van der Waals surface area (Å²) in [5.41, 5.74) is 1.69. The Morgan fingerprint density at radius 1 is 1.38 bits per heavy atom. The zero-order chi connectivity index (χ0) is 17.2. The third-order valence-corrected chi connectivity index (χ3v) is 5.98. The molecule has 0 saturated carbocycles. The fraction of sp³-hybridized carbons (Fsp3) is 0.438. The summed E-state index contributed by atoms with van der Waals surface area (Å²) in [5.74, 6) is 0.843. The number of likely N-dealkylation sites (tertiary alicyclic amines) is 1. The Kier molecular flexibility index (Phi) is 5.24. The third kappa shape index (κ3) is 4.16. The summed E-state index contributed by atoms with van der Waals surface area (Å²) in [6.07, 6.45) is 1.86. The highest BCUT2D eigenvalue weighted by Crippen LogP contribution is 2.25. The molecule has 1 aliphatic rings. The lowest BCUT2D eigenvalue weighted by Gasteiger charge is -2.22. The van der Waals surface area contributed by atoms with Gasteiger partial charge in [0.15, 0.2) is 5.76 Å². The molecular formula is C16H20ClN3O3S. The van der Waals surface area contributed by atoms with Crippen LogP contribution in [0.25, 0.3) is 11.3 Å². The van der Waals surface area contributed by atoms with E-state index in [1.165, 1.54) is 7.05 Å². The van der Waals surface area contributed by atoms with Crippen molar-refractivity contribution in [3.8, 4) is 11.3 Å². The average Bonchev–Trinajstić information content (AvgIpc) is 3.18. The second-order valence-electron chi connectivity index (χ2n) is 5.94. The van der Waals surface area contributed by atoms with E-state index in [2.05, 4.69) is 14.8 Å². The SMILES string of the molecule is CNS(=O)(=O)C[C@@H]1CCCN1Cc1cc(-c2ccc(Cl)cc2)no1. The molecule has 6 nitrogen and oxygen atoms in total. The number of nitrogens with one attached hydrogen (secondary N) is 1. The van der Waals surface area contributed by atoms with Gasteiger partial charge < -0.3 is 4.52 Å². The summed E-state index contributed by atoms with van der Waals surface area (Å²) in [5, 5.41) is 4.77. The van der Waals surface area contributed by atoms with Crippen LogP contribution in [0.4, 0.5) is 0 Å². The number of nitrogens with zero attached hydrogens (tertiary/aromatic N) is 2. The molecule has 0 unspecified atom stereocenters. The summed E-state index contributed by atoms with van der Waals surface area (Å²) < 4.78 is 31.4. The predicted octanol–water partition coefficient (Wildman–Crippen LogP) is 2.51. The van der Waals surface area contributed by atoms with Gasteiger partial charge in [0.1, 0.15) is 5.69 Å². The van der Waals surface area contributed by atoms with Crippen molar-refractivity contribution in [2.75, 3.05) is 19.3 Å². The maximum Gasteiger partial charge on any atom is 0.212 e. The van der Waals surface area contributed by atoms with Crippen molar-refractivity contribution in [1.29, 1.82) is 0 Å². The van der Waals surface area contributed by atoms with Gasteiger partial charge in [0.2, 0.25) is 10.0 Å². The van der Waals surface area contributed by atoms with Gasteiger partial charge in [-0.2, -0.15) is 0 Å². The Morgan fingerprint density at radius 2 is 2.12 bits per heavy atom. The Balaban J connectivity index is 1.69. The maximum absolute atomic E-state index is 11.8. The Hall–Kier alpha value is -1.41. The van der Waals surface area contributed by atoms with E-state index in [0.29, 0.717) is 11.6 Å². The first kappa shape index (κ1) is 17.4. The molecular weight excluding hydrogens is 350 g/mol. The highest BCUT2D eigenvalue weighted by Gasteiger charge is 2.29. The Labute approximate surface area is 146 Å². The molecule has 0 radical (unpaired) electrons. The number of halogens is 1. The highest BCUT2D eigenvalue weighted by molar-refractivity contribution is 7.89. The van der Waals surface area contributed by atoms with Crippen molar-refractivity contribution in [1.82, 2.24) is 14.8 Å². The lowest BCUT2D eigenvalue weighted by Crippen LogP contribution is -2.38. The van der Waals surface area contributed by atoms with Crippen molar-refractivity contribution < 1.29 is 12.9 Å². The minimum atomic E-state index is -3.22. The molecule has 1 N–H and O–H groups in total. The van der Waals surface area contributed by atoms with Crippen LogP contribution in [-0.4, -0.2) is 43.9 Å². The van der Waals surface area contributed by atoms with Crippen molar-refractivity contribution in [2.45, 2.75) is 25.4 Å². The number of hydrogen-bond donors (Lipinski definition) is 1. The standard InChI is InChI=1S/C16H20ClN3O3S/c1-18-24(21,22)11-14-3-2-8-20(14)10-15-9-16(19-23-15)12-4-6-13(17)7-5-12/h4-7,9,14,18H,2-3,8,10-11H2,1H3/t14-/m0/s1. The van der Waals surface area contributed by atoms with E-state index in [9.17, 15) is 8.42 Å². The first-order valence-corrected chi connectivity index (χ1v) is 9.87. The number of benzene rings is 1. The molecule has 1 aliphatic heterocycles. The van der Waals surface area contributed by atoms with Gasteiger partial charge in [0.05, 0.1) is 12.3 Å². The second-order valence-corrected chi connectivity index (χ2v) is 8.34. The van der Waals surface area contributed by atoms with Crippen LogP contribution in [0.3, 0.4) is 0 Å². The molecule has 3 rings (SSSR count). The molecule has 24 heavy (non-hydrogen) atoms. The summed E-state index contributed by atoms with van der Waals surface area (Å²) in [6, 6.07) is 9.30. The summed E-state index contributed by atoms with van der Waals surface area (Å²) in [7, 11) is -1.77. The molecule has 2 aromatic rings. The lowest BCUT2D eigenvalue weighted by molar-refractivity contribution is 0.227. The number of rotatable bonds is 6. The minimum Gasteiger partial charge on any atom is -0.359 e. The van der Waals surface area contributed by atoms with Crippen LogP contribution in [0.2, 0.25) is 5.02 Å². The van der Waals surface area contributed by atoms with Gasteiger partial charge in [-0.15, -0.1) is 0 Å². The van der Waals surface area contributed by atoms with E-state index in [4.69, 9.17) is 16.1 Å². The fourth-order valence-corrected chi connectivity index (χ4v) is 4.15. The molecule has 130 valence electrons. The average molecular weight is 370 g/mol. The Morgan fingerprint density at radius 3 is 2.83 bits per heavy atom. The highest BCUT2D eigenvalue weighted by atomic mass is 35.5. The van der Waals surface area contributed by atoms with E-state index in [-0.39, 0.29) is 11.8 Å². The summed E-state index contributed by atoms with van der Waals surface area (Å²) in [4.78, 5) is 2.14. The largest absolute Gasteiger partial charge is 0.359 e. The smallest absolute Gasteiger partial charge is 0.212 e. The molecule has 1 aromatic carbocycles. The van der Waals surface area contributed by atoms with Gasteiger partial charge in [0, 0.05) is 22.7 Å². The van der Waals surface area contributed by atoms with Crippen molar-refractivity contribution in [3.63, 3.8) is 0 Å². The van der Waals surface area contributed by atoms with Crippen LogP contribution in [0, 0.1) is 0 Å². The van der Waals surface area contributed by atoms with Crippen LogP contribution in [-0.2, 0) is 16.6 Å². The van der Waals surface area contributed by atoms with Crippen LogP contribution >= 0.6 is 11.6 Å². The summed E-state index contributed by atoms with van der Waals surface area (Å²) >= 11 is 5.89. The monoisotopic (exact) mass is 369 g/mol. The normalized spacial score (nSPS) is 19.0. The molecule has 1 atom stereocenters. The molecule has 1 saturated heterocycles. The van der Waals surface area contributed by atoms with Crippen molar-refractivity contribution >= 4 is 21.6 Å². The topological polar surface area (TPSA) is 75.4 Å². The molecule has 0 aliphatic carbocycles. The van der Waals surface area contributed by atoms with Gasteiger partial charge in [-0.05, 0) is 38.6 Å². The van der Waals surface area contributed by atoms with E-state index in [1.807, 2.05) is 30.3 Å². The van der Waals surface area contributed by atoms with Crippen molar-refractivity contribution in [3.05, 3.63) is 41.1 Å². The van der Waals surface area contributed by atoms with Crippen LogP contribution < -0.4 is 4.72 Å². The molecule has 0 spiro atoms. The minimum absolute atomic E-state index is 0.00605. The van der Waals surface area contributed by atoms with E-state index >= 15 is 0 Å². The lowest BCUT2D eigenvalue weighted by atomic mass is 10.1. The molecule has 0 amide bonds. The van der Waals surface area contributed by atoms with E-state index < -0.39 is 10.0 Å². The first-order valence-electron chi connectivity index (χ1n) is 7.83. The molecule has 0 bridgehead atoms. The van der Waals surface area contributed by atoms with Gasteiger partial charge in [0.25, 0.3) is 0 Å². The number of sulfonamides is 1. The van der Waals surface area contributed by atoms with Gasteiger partial charge in [-0.1, -0.05) is 28.9 Å². The number of aromatic nitrogens is 1. The van der Waals surface area contributed by atoms with Crippen LogP contribution in [0.15, 0.2) is 34.9 Å². The van der Waals surface area contributed by atoms with Gasteiger partial charge >= 0.3 is 0 Å². The molecule has 2 heterocycles. The first-order chi connectivity index (χ1) is 11.5. The fourth-order valence-electron chi connectivity index (χ4n) is 2.97. The Bertz CT molecular complexity index is 789. The summed E-state index contributed by atoms with van der Waals surface area (Å²) in [6.45, 7) is 1.42. The van der Waals surface area contributed by atoms with Crippen LogP contribution in [0.5, 0.6) is 0 Å². The zero-order valence-electron chi connectivity index (χ0n) is 13.4. The zero-order valence-corrected chi connectivity index (χ0v) is 15.0. The number of hydrogen-bond acceptors (Lipinski definition) is 5. The van der Waals surface area contributed by atoms with Gasteiger partial charge in [-0.3, -0.25) is 4.90 Å². The van der Waals surface area contributed by atoms with E-state index in [0.717, 1.165) is 36.4 Å². The van der Waals surface area contributed by atoms with Gasteiger partial charge in [-0.25, -0.2) is 13.1 Å². The van der Waals surface area contributed by atoms with E-state index in [1.54, 1.807) is 0 Å². The molecule has 1 aromatic heterocycles. The van der Waals surface area contributed by atoms with Crippen LogP contribution in [0.1, 0.15) is 18.6 Å². The van der Waals surface area contributed by atoms with Crippen molar-refractivity contribution in [2.24, 2.45) is 0 Å². The molecule has 8 heteroatoms. The predicted molar refractivity (Wildman–Crippen MR) is 93.2 cm³/mol. The maximum atomic E-state index is 11.8. The third-order valence-electron chi connectivity index (χ3n) is 4.28.